The highest BCUT2D eigenvalue weighted by atomic mass is 19.4. The maximum absolute atomic E-state index is 13.5. The molecule has 1 N–H and O–H groups in total. The van der Waals surface area contributed by atoms with E-state index in [2.05, 4.69) is 0 Å². The van der Waals surface area contributed by atoms with Gasteiger partial charge < -0.3 is 19.2 Å². The van der Waals surface area contributed by atoms with Gasteiger partial charge in [-0.05, 0) is 39.8 Å². The number of halogens is 3. The Morgan fingerprint density at radius 3 is 2.54 bits per heavy atom. The Kier molecular flexibility index (Phi) is 4.76. The van der Waals surface area contributed by atoms with Crippen LogP contribution in [0.5, 0.6) is 0 Å². The number of amides is 1. The smallest absolute Gasteiger partial charge is 0.425 e. The number of aryl methyl sites for hydroxylation is 1. The number of ether oxygens (including phenoxy) is 1. The zero-order valence-electron chi connectivity index (χ0n) is 14.1. The summed E-state index contributed by atoms with van der Waals surface area (Å²) in [7, 11) is 0. The summed E-state index contributed by atoms with van der Waals surface area (Å²) in [6, 6.07) is 2.36. The Bertz CT molecular complexity index is 611. The molecule has 1 aliphatic heterocycles. The highest BCUT2D eigenvalue weighted by Gasteiger charge is 2.59. The van der Waals surface area contributed by atoms with E-state index in [0.29, 0.717) is 0 Å². The molecule has 1 amide bonds. The topological polar surface area (TPSA) is 62.9 Å². The normalized spacial score (nSPS) is 23.8. The van der Waals surface area contributed by atoms with Crippen LogP contribution in [0.25, 0.3) is 0 Å². The third-order valence-corrected chi connectivity index (χ3v) is 4.22. The Hall–Kier alpha value is -1.54. The highest BCUT2D eigenvalue weighted by Crippen LogP contribution is 2.43. The van der Waals surface area contributed by atoms with E-state index < -0.39 is 35.4 Å². The fourth-order valence-electron chi connectivity index (χ4n) is 2.72. The number of rotatable bonds is 3. The molecule has 2 heterocycles. The SMILES string of the molecule is Cc1ccc(C(O)(CC(=O)N2CC(C)OCC2(C)C)C(F)(F)F)o1. The van der Waals surface area contributed by atoms with Gasteiger partial charge in [-0.3, -0.25) is 4.79 Å². The number of aliphatic hydroxyl groups is 1. The van der Waals surface area contributed by atoms with E-state index in [1.165, 1.54) is 17.9 Å². The molecule has 0 spiro atoms. The summed E-state index contributed by atoms with van der Waals surface area (Å²) < 4.78 is 50.9. The molecule has 1 saturated heterocycles. The summed E-state index contributed by atoms with van der Waals surface area (Å²) in [5, 5.41) is 10.3. The minimum Gasteiger partial charge on any atom is -0.463 e. The zero-order chi connectivity index (χ0) is 18.3. The fourth-order valence-corrected chi connectivity index (χ4v) is 2.72. The first-order valence-corrected chi connectivity index (χ1v) is 7.65. The Morgan fingerprint density at radius 2 is 2.04 bits per heavy atom. The van der Waals surface area contributed by atoms with Gasteiger partial charge in [0.2, 0.25) is 11.5 Å². The van der Waals surface area contributed by atoms with Gasteiger partial charge >= 0.3 is 6.18 Å². The molecule has 1 aromatic rings. The second-order valence-corrected chi connectivity index (χ2v) is 6.88. The Balaban J connectivity index is 2.31. The lowest BCUT2D eigenvalue weighted by Crippen LogP contribution is -2.59. The summed E-state index contributed by atoms with van der Waals surface area (Å²) in [4.78, 5) is 13.9. The zero-order valence-corrected chi connectivity index (χ0v) is 14.1. The summed E-state index contributed by atoms with van der Waals surface area (Å²) in [6.07, 6.45) is -6.47. The van der Waals surface area contributed by atoms with E-state index in [-0.39, 0.29) is 25.0 Å². The van der Waals surface area contributed by atoms with E-state index in [1.54, 1.807) is 20.8 Å². The van der Waals surface area contributed by atoms with Crippen LogP contribution < -0.4 is 0 Å². The molecule has 1 fully saturated rings. The van der Waals surface area contributed by atoms with Crippen molar-refractivity contribution in [2.24, 2.45) is 0 Å². The van der Waals surface area contributed by atoms with Crippen molar-refractivity contribution in [1.29, 1.82) is 0 Å². The number of alkyl halides is 3. The summed E-state index contributed by atoms with van der Waals surface area (Å²) in [6.45, 7) is 7.00. The van der Waals surface area contributed by atoms with E-state index in [9.17, 15) is 23.1 Å². The van der Waals surface area contributed by atoms with Crippen molar-refractivity contribution < 1.29 is 32.2 Å². The van der Waals surface area contributed by atoms with E-state index in [0.717, 1.165) is 6.07 Å². The van der Waals surface area contributed by atoms with Gasteiger partial charge in [-0.2, -0.15) is 13.2 Å². The molecule has 0 bridgehead atoms. The molecule has 0 aliphatic carbocycles. The van der Waals surface area contributed by atoms with Gasteiger partial charge in [-0.1, -0.05) is 0 Å². The summed E-state index contributed by atoms with van der Waals surface area (Å²) >= 11 is 0. The molecular weight excluding hydrogens is 327 g/mol. The van der Waals surface area contributed by atoms with Crippen LogP contribution >= 0.6 is 0 Å². The minimum absolute atomic E-state index is 0.164. The molecule has 24 heavy (non-hydrogen) atoms. The van der Waals surface area contributed by atoms with Crippen molar-refractivity contribution in [3.05, 3.63) is 23.7 Å². The molecule has 1 aliphatic rings. The molecule has 0 saturated carbocycles. The van der Waals surface area contributed by atoms with Crippen molar-refractivity contribution in [3.8, 4) is 0 Å². The van der Waals surface area contributed by atoms with E-state index in [1.807, 2.05) is 0 Å². The molecule has 0 aromatic carbocycles. The maximum Gasteiger partial charge on any atom is 0.425 e. The lowest BCUT2D eigenvalue weighted by Gasteiger charge is -2.45. The van der Waals surface area contributed by atoms with Gasteiger partial charge in [-0.25, -0.2) is 0 Å². The standard InChI is InChI=1S/C16H22F3NO4/c1-10-5-6-12(24-10)15(22,16(17,18)19)7-13(21)20-8-11(2)23-9-14(20,3)4/h5-6,11,22H,7-9H2,1-4H3. The first kappa shape index (κ1) is 18.8. The third kappa shape index (κ3) is 3.44. The number of carbonyl (C=O) groups is 1. The van der Waals surface area contributed by atoms with Crippen molar-refractivity contribution in [1.82, 2.24) is 4.90 Å². The molecule has 5 nitrogen and oxygen atoms in total. The molecule has 2 rings (SSSR count). The van der Waals surface area contributed by atoms with Gasteiger partial charge in [0.25, 0.3) is 0 Å². The average molecular weight is 349 g/mol. The van der Waals surface area contributed by atoms with Crippen LogP contribution in [0.1, 0.15) is 38.7 Å². The van der Waals surface area contributed by atoms with Crippen molar-refractivity contribution in [2.45, 2.75) is 57.5 Å². The van der Waals surface area contributed by atoms with Gasteiger partial charge in [-0.15, -0.1) is 0 Å². The molecule has 2 atom stereocenters. The lowest BCUT2D eigenvalue weighted by molar-refractivity contribution is -0.275. The van der Waals surface area contributed by atoms with Crippen LogP contribution in [-0.2, 0) is 15.1 Å². The first-order chi connectivity index (χ1) is 10.9. The molecular formula is C16H22F3NO4. The molecule has 8 heteroatoms. The van der Waals surface area contributed by atoms with Crippen molar-refractivity contribution in [2.75, 3.05) is 13.2 Å². The number of morpholine rings is 1. The van der Waals surface area contributed by atoms with Crippen LogP contribution in [0.2, 0.25) is 0 Å². The quantitative estimate of drug-likeness (QED) is 0.911. The van der Waals surface area contributed by atoms with Crippen molar-refractivity contribution >= 4 is 5.91 Å². The molecule has 1 aromatic heterocycles. The molecule has 2 unspecified atom stereocenters. The number of furan rings is 1. The predicted octanol–water partition coefficient (Wildman–Crippen LogP) is 2.75. The Labute approximate surface area is 138 Å². The number of hydrogen-bond acceptors (Lipinski definition) is 4. The maximum atomic E-state index is 13.5. The van der Waals surface area contributed by atoms with Crippen LogP contribution in [-0.4, -0.2) is 46.9 Å². The minimum atomic E-state index is -5.05. The van der Waals surface area contributed by atoms with E-state index >= 15 is 0 Å². The van der Waals surface area contributed by atoms with Gasteiger partial charge in [0.05, 0.1) is 24.7 Å². The molecule has 0 radical (unpaired) electrons. The van der Waals surface area contributed by atoms with E-state index in [4.69, 9.17) is 9.15 Å². The van der Waals surface area contributed by atoms with Crippen LogP contribution in [0.4, 0.5) is 13.2 Å². The van der Waals surface area contributed by atoms with Gasteiger partial charge in [0.1, 0.15) is 11.5 Å². The summed E-state index contributed by atoms with van der Waals surface area (Å²) in [5.74, 6) is -1.26. The van der Waals surface area contributed by atoms with Crippen LogP contribution in [0.15, 0.2) is 16.5 Å². The van der Waals surface area contributed by atoms with Gasteiger partial charge in [0.15, 0.2) is 0 Å². The Morgan fingerprint density at radius 1 is 1.42 bits per heavy atom. The van der Waals surface area contributed by atoms with Crippen LogP contribution in [0.3, 0.4) is 0 Å². The first-order valence-electron chi connectivity index (χ1n) is 7.65. The number of nitrogens with zero attached hydrogens (tertiary/aromatic N) is 1. The largest absolute Gasteiger partial charge is 0.463 e. The predicted molar refractivity (Wildman–Crippen MR) is 79.2 cm³/mol. The second-order valence-electron chi connectivity index (χ2n) is 6.88. The third-order valence-electron chi connectivity index (χ3n) is 4.22. The lowest BCUT2D eigenvalue weighted by atomic mass is 9.92. The summed E-state index contributed by atoms with van der Waals surface area (Å²) in [5.41, 5.74) is -4.12. The second kappa shape index (κ2) is 6.07. The van der Waals surface area contributed by atoms with Crippen molar-refractivity contribution in [3.63, 3.8) is 0 Å². The fraction of sp³-hybridized carbons (Fsp3) is 0.688. The van der Waals surface area contributed by atoms with Gasteiger partial charge in [0, 0.05) is 6.54 Å². The monoisotopic (exact) mass is 349 g/mol. The molecule has 136 valence electrons. The number of carbonyl (C=O) groups excluding carboxylic acids is 1. The average Bonchev–Trinajstić information content (AvgIpc) is 2.87. The van der Waals surface area contributed by atoms with Crippen LogP contribution in [0, 0.1) is 6.92 Å². The highest BCUT2D eigenvalue weighted by molar-refractivity contribution is 5.78. The number of hydrogen-bond donors (Lipinski definition) is 1.